The van der Waals surface area contributed by atoms with Crippen molar-refractivity contribution in [3.8, 4) is 0 Å². The van der Waals surface area contributed by atoms with Crippen LogP contribution in [0, 0.1) is 28.6 Å². The fraction of sp³-hybridized carbons (Fsp3) is 0.708. The molecule has 0 saturated heterocycles. The molecule has 0 aromatic heterocycles. The molecule has 2 N–H and O–H groups in total. The summed E-state index contributed by atoms with van der Waals surface area (Å²) in [5.74, 6) is -4.10. The second-order valence-corrected chi connectivity index (χ2v) is 11.9. The molecule has 0 aromatic rings. The molecule has 4 aliphatic carbocycles. The number of hydrogen-bond acceptors (Lipinski definition) is 6. The van der Waals surface area contributed by atoms with Crippen LogP contribution in [0.2, 0.25) is 0 Å². The average Bonchev–Trinajstić information content (AvgIpc) is 2.95. The number of carbonyl (C=O) groups excluding carboxylic acids is 3. The van der Waals surface area contributed by atoms with Crippen molar-refractivity contribution in [2.24, 2.45) is 28.6 Å². The van der Waals surface area contributed by atoms with E-state index in [-0.39, 0.29) is 18.4 Å². The Bertz CT molecular complexity index is 982. The fourth-order valence-corrected chi connectivity index (χ4v) is 9.09. The minimum absolute atomic E-state index is 0.0135. The molecular formula is C24H29F2IO6. The third-order valence-corrected chi connectivity index (χ3v) is 10.5. The lowest BCUT2D eigenvalue weighted by Gasteiger charge is -2.64. The molecule has 0 bridgehead atoms. The maximum atomic E-state index is 17.3. The van der Waals surface area contributed by atoms with Gasteiger partial charge < -0.3 is 14.9 Å². The zero-order valence-electron chi connectivity index (χ0n) is 19.0. The molecule has 0 spiro atoms. The molecule has 0 unspecified atom stereocenters. The number of aliphatic hydroxyl groups is 2. The molecule has 4 rings (SSSR count). The summed E-state index contributed by atoms with van der Waals surface area (Å²) in [5.41, 5.74) is -6.85. The van der Waals surface area contributed by atoms with Crippen molar-refractivity contribution in [1.82, 2.24) is 0 Å². The molecule has 3 fully saturated rings. The predicted octanol–water partition coefficient (Wildman–Crippen LogP) is 2.83. The number of fused-ring (bicyclic) bond motifs is 5. The van der Waals surface area contributed by atoms with Crippen LogP contribution in [0.15, 0.2) is 23.8 Å². The summed E-state index contributed by atoms with van der Waals surface area (Å²) >= 11 is 1.85. The zero-order valence-corrected chi connectivity index (χ0v) is 21.1. The Morgan fingerprint density at radius 2 is 1.97 bits per heavy atom. The van der Waals surface area contributed by atoms with Gasteiger partial charge in [0.1, 0.15) is 12.8 Å². The van der Waals surface area contributed by atoms with Crippen LogP contribution in [0.3, 0.4) is 0 Å². The highest BCUT2D eigenvalue weighted by Crippen LogP contribution is 2.72. The van der Waals surface area contributed by atoms with E-state index in [9.17, 15) is 24.6 Å². The van der Waals surface area contributed by atoms with Crippen molar-refractivity contribution in [1.29, 1.82) is 0 Å². The number of aliphatic hydroxyl groups excluding tert-OH is 2. The van der Waals surface area contributed by atoms with E-state index in [4.69, 9.17) is 4.74 Å². The van der Waals surface area contributed by atoms with Gasteiger partial charge in [0.15, 0.2) is 17.1 Å². The van der Waals surface area contributed by atoms with Crippen molar-refractivity contribution in [2.75, 3.05) is 6.61 Å². The van der Waals surface area contributed by atoms with Gasteiger partial charge >= 0.3 is 5.97 Å². The van der Waals surface area contributed by atoms with Gasteiger partial charge in [0.25, 0.3) is 0 Å². The maximum Gasteiger partial charge on any atom is 0.303 e. The number of Topliss-reactive ketones (excluding diaryl/α,β-unsaturated/α-hetero) is 1. The Morgan fingerprint density at radius 1 is 1.33 bits per heavy atom. The number of alkyl halides is 3. The van der Waals surface area contributed by atoms with Gasteiger partial charge in [-0.2, -0.15) is 0 Å². The van der Waals surface area contributed by atoms with Gasteiger partial charge in [-0.05, 0) is 43.4 Å². The lowest BCUT2D eigenvalue weighted by Crippen LogP contribution is -2.73. The number of halogens is 3. The van der Waals surface area contributed by atoms with E-state index < -0.39 is 80.2 Å². The number of rotatable bonds is 3. The minimum atomic E-state index is -2.32. The summed E-state index contributed by atoms with van der Waals surface area (Å²) in [7, 11) is 0. The molecular weight excluding hydrogens is 549 g/mol. The molecule has 0 radical (unpaired) electrons. The van der Waals surface area contributed by atoms with Crippen LogP contribution in [0.25, 0.3) is 0 Å². The quantitative estimate of drug-likeness (QED) is 0.304. The number of hydrogen-bond donors (Lipinski definition) is 2. The Hall–Kier alpha value is -1.20. The van der Waals surface area contributed by atoms with E-state index in [1.54, 1.807) is 13.8 Å². The van der Waals surface area contributed by atoms with Crippen LogP contribution < -0.4 is 0 Å². The minimum Gasteiger partial charge on any atom is -0.450 e. The number of allylic oxidation sites excluding steroid dienone is 4. The predicted molar refractivity (Wildman–Crippen MR) is 123 cm³/mol. The summed E-state index contributed by atoms with van der Waals surface area (Å²) in [6, 6.07) is 0. The second kappa shape index (κ2) is 7.65. The normalized spacial score (nSPS) is 50.7. The third-order valence-electron chi connectivity index (χ3n) is 9.05. The first-order chi connectivity index (χ1) is 15.2. The molecule has 33 heavy (non-hydrogen) atoms. The Labute approximate surface area is 205 Å². The fourth-order valence-electron chi connectivity index (χ4n) is 7.68. The van der Waals surface area contributed by atoms with Crippen molar-refractivity contribution in [3.05, 3.63) is 23.8 Å². The van der Waals surface area contributed by atoms with E-state index in [1.165, 1.54) is 19.1 Å². The van der Waals surface area contributed by atoms with E-state index in [2.05, 4.69) is 0 Å². The maximum absolute atomic E-state index is 17.3. The monoisotopic (exact) mass is 578 g/mol. The van der Waals surface area contributed by atoms with Gasteiger partial charge in [-0.25, -0.2) is 8.78 Å². The highest BCUT2D eigenvalue weighted by molar-refractivity contribution is 14.1. The molecule has 3 saturated carbocycles. The van der Waals surface area contributed by atoms with Crippen molar-refractivity contribution in [2.45, 2.75) is 68.0 Å². The first-order valence-corrected chi connectivity index (χ1v) is 12.4. The molecule has 10 atom stereocenters. The topological polar surface area (TPSA) is 101 Å². The molecule has 0 aliphatic heterocycles. The van der Waals surface area contributed by atoms with Gasteiger partial charge in [0, 0.05) is 29.6 Å². The molecule has 0 aromatic carbocycles. The van der Waals surface area contributed by atoms with E-state index in [0.29, 0.717) is 0 Å². The van der Waals surface area contributed by atoms with Crippen LogP contribution >= 0.6 is 22.6 Å². The Morgan fingerprint density at radius 3 is 2.55 bits per heavy atom. The van der Waals surface area contributed by atoms with Gasteiger partial charge in [-0.3, -0.25) is 14.4 Å². The largest absolute Gasteiger partial charge is 0.450 e. The highest BCUT2D eigenvalue weighted by Gasteiger charge is 2.79. The van der Waals surface area contributed by atoms with Crippen molar-refractivity contribution in [3.63, 3.8) is 0 Å². The molecule has 0 heterocycles. The number of esters is 1. The van der Waals surface area contributed by atoms with E-state index in [0.717, 1.165) is 13.0 Å². The van der Waals surface area contributed by atoms with Gasteiger partial charge in [0.2, 0.25) is 5.78 Å². The van der Waals surface area contributed by atoms with Gasteiger partial charge in [-0.15, -0.1) is 0 Å². The number of ketones is 2. The first-order valence-electron chi connectivity index (χ1n) is 11.2. The third kappa shape index (κ3) is 2.84. The van der Waals surface area contributed by atoms with Gasteiger partial charge in [-0.1, -0.05) is 42.5 Å². The van der Waals surface area contributed by atoms with E-state index >= 15 is 8.78 Å². The zero-order chi connectivity index (χ0) is 24.7. The second-order valence-electron chi connectivity index (χ2n) is 10.5. The van der Waals surface area contributed by atoms with Crippen LogP contribution in [-0.2, 0) is 19.1 Å². The van der Waals surface area contributed by atoms with Gasteiger partial charge in [0.05, 0.1) is 10.0 Å². The van der Waals surface area contributed by atoms with E-state index in [1.807, 2.05) is 22.6 Å². The summed E-state index contributed by atoms with van der Waals surface area (Å²) in [5, 5.41) is 21.2. The van der Waals surface area contributed by atoms with Crippen molar-refractivity contribution < 1.29 is 38.1 Å². The van der Waals surface area contributed by atoms with Crippen LogP contribution in [-0.4, -0.2) is 61.8 Å². The summed E-state index contributed by atoms with van der Waals surface area (Å²) in [4.78, 5) is 37.2. The standard InChI is InChI=1S/C24H29F2IO6/c1-11-7-14-18-20(27)19(25)15-8-13(30)5-6-21(15,3)23(18,26)16(31)9-22(14,4)24(11,17(32)10-28)33-12(2)29/h5-6,8,11,14,16,18-20,28,31H,7,9-10H2,1-4H3/t11-,14+,16+,18-,19+,20+,21+,22+,23-,24-/m1/s1. The molecule has 6 nitrogen and oxygen atoms in total. The molecule has 0 amide bonds. The highest BCUT2D eigenvalue weighted by atomic mass is 127. The average molecular weight is 578 g/mol. The summed E-state index contributed by atoms with van der Waals surface area (Å²) < 4.78 is 37.9. The first kappa shape index (κ1) is 24.9. The van der Waals surface area contributed by atoms with Crippen LogP contribution in [0.1, 0.15) is 40.5 Å². The Balaban J connectivity index is 1.94. The van der Waals surface area contributed by atoms with Crippen molar-refractivity contribution >= 4 is 40.1 Å². The number of ether oxygens (including phenoxy) is 1. The Kier molecular flexibility index (Phi) is 5.77. The smallest absolute Gasteiger partial charge is 0.303 e. The SMILES string of the molecule is CC(=O)O[C@@]1(C(=O)CO)[C@H](C)C[C@H]2[C@@H]3[C@H](I)[C@@H](F)C4=CC(=O)C=C[C@]4(C)[C@@]3(F)[C@@H](O)C[C@@]21C. The molecule has 4 aliphatic rings. The molecule has 182 valence electrons. The summed E-state index contributed by atoms with van der Waals surface area (Å²) in [6.45, 7) is 5.17. The van der Waals surface area contributed by atoms with Crippen LogP contribution in [0.5, 0.6) is 0 Å². The lowest BCUT2D eigenvalue weighted by atomic mass is 9.44. The summed E-state index contributed by atoms with van der Waals surface area (Å²) in [6.07, 6.45) is 0.450. The number of carbonyl (C=O) groups is 3. The van der Waals surface area contributed by atoms with Crippen LogP contribution in [0.4, 0.5) is 8.78 Å². The molecule has 9 heteroatoms. The lowest BCUT2D eigenvalue weighted by molar-refractivity contribution is -0.228.